The van der Waals surface area contributed by atoms with E-state index in [1.165, 1.54) is 13.3 Å². The quantitative estimate of drug-likeness (QED) is 0.545. The number of fused-ring (bicyclic) bond motifs is 1. The van der Waals surface area contributed by atoms with Crippen molar-refractivity contribution in [1.29, 1.82) is 0 Å². The fourth-order valence-corrected chi connectivity index (χ4v) is 3.18. The number of carbonyl (C=O) groups is 1. The molecule has 7 nitrogen and oxygen atoms in total. The van der Waals surface area contributed by atoms with Crippen LogP contribution < -0.4 is 19.1 Å². The van der Waals surface area contributed by atoms with Gasteiger partial charge in [-0.2, -0.15) is 5.10 Å². The van der Waals surface area contributed by atoms with Crippen molar-refractivity contribution < 1.29 is 19.0 Å². The van der Waals surface area contributed by atoms with Crippen LogP contribution in [0.1, 0.15) is 24.5 Å². The molecule has 0 N–H and O–H groups in total. The summed E-state index contributed by atoms with van der Waals surface area (Å²) in [7, 11) is 4.64. The Kier molecular flexibility index (Phi) is 5.93. The molecular formula is C21H23N3O4. The minimum absolute atomic E-state index is 0.139. The lowest BCUT2D eigenvalue weighted by Crippen LogP contribution is -2.30. The van der Waals surface area contributed by atoms with Gasteiger partial charge < -0.3 is 19.1 Å². The number of para-hydroxylation sites is 1. The molecule has 2 aromatic carbocycles. The van der Waals surface area contributed by atoms with Gasteiger partial charge in [0.2, 0.25) is 5.75 Å². The summed E-state index contributed by atoms with van der Waals surface area (Å²) in [6.07, 6.45) is 2.39. The van der Waals surface area contributed by atoms with Gasteiger partial charge in [-0.05, 0) is 24.6 Å². The SMILES string of the molecule is CCCN1C(=O)/C(=N/N=C\c2ccc(OC)c(OC)c2OC)c2ccccc21. The molecule has 2 aromatic rings. The van der Waals surface area contributed by atoms with Crippen molar-refractivity contribution in [2.75, 3.05) is 32.8 Å². The molecule has 1 aliphatic rings. The number of methoxy groups -OCH3 is 3. The predicted molar refractivity (Wildman–Crippen MR) is 109 cm³/mol. The van der Waals surface area contributed by atoms with Gasteiger partial charge >= 0.3 is 0 Å². The fourth-order valence-electron chi connectivity index (χ4n) is 3.18. The van der Waals surface area contributed by atoms with Gasteiger partial charge in [-0.1, -0.05) is 25.1 Å². The number of amides is 1. The van der Waals surface area contributed by atoms with Gasteiger partial charge in [0.15, 0.2) is 17.2 Å². The van der Waals surface area contributed by atoms with Gasteiger partial charge in [-0.3, -0.25) is 4.79 Å². The number of nitrogens with zero attached hydrogens (tertiary/aromatic N) is 3. The predicted octanol–water partition coefficient (Wildman–Crippen LogP) is 3.29. The van der Waals surface area contributed by atoms with E-state index in [-0.39, 0.29) is 5.91 Å². The van der Waals surface area contributed by atoms with E-state index >= 15 is 0 Å². The van der Waals surface area contributed by atoms with E-state index in [0.29, 0.717) is 35.1 Å². The number of hydrogen-bond donors (Lipinski definition) is 0. The standard InChI is InChI=1S/C21H23N3O4/c1-5-12-24-16-9-7-6-8-15(16)18(21(24)25)23-22-13-14-10-11-17(26-2)20(28-4)19(14)27-3/h6-11,13H,5,12H2,1-4H3/b22-13-,23-18+. The molecule has 0 spiro atoms. The first kappa shape index (κ1) is 19.4. The Morgan fingerprint density at radius 2 is 1.75 bits per heavy atom. The van der Waals surface area contributed by atoms with Gasteiger partial charge in [-0.25, -0.2) is 0 Å². The summed E-state index contributed by atoms with van der Waals surface area (Å²) >= 11 is 0. The molecule has 0 fully saturated rings. The minimum Gasteiger partial charge on any atom is -0.493 e. The smallest absolute Gasteiger partial charge is 0.279 e. The highest BCUT2D eigenvalue weighted by Gasteiger charge is 2.33. The molecular weight excluding hydrogens is 358 g/mol. The summed E-state index contributed by atoms with van der Waals surface area (Å²) < 4.78 is 16.1. The largest absolute Gasteiger partial charge is 0.493 e. The Morgan fingerprint density at radius 1 is 1.00 bits per heavy atom. The topological polar surface area (TPSA) is 72.7 Å². The molecule has 1 amide bonds. The summed E-state index contributed by atoms with van der Waals surface area (Å²) in [4.78, 5) is 14.5. The van der Waals surface area contributed by atoms with Crippen molar-refractivity contribution in [3.05, 3.63) is 47.5 Å². The summed E-state index contributed by atoms with van der Waals surface area (Å²) in [5.74, 6) is 1.37. The lowest BCUT2D eigenvalue weighted by molar-refractivity contribution is -0.112. The van der Waals surface area contributed by atoms with Crippen LogP contribution in [0.15, 0.2) is 46.6 Å². The summed E-state index contributed by atoms with van der Waals surface area (Å²) in [6, 6.07) is 11.2. The molecule has 0 radical (unpaired) electrons. The van der Waals surface area contributed by atoms with E-state index in [1.807, 2.05) is 31.2 Å². The average molecular weight is 381 g/mol. The van der Waals surface area contributed by atoms with Gasteiger partial charge in [0, 0.05) is 17.7 Å². The zero-order valence-corrected chi connectivity index (χ0v) is 16.4. The third kappa shape index (κ3) is 3.43. The van der Waals surface area contributed by atoms with E-state index < -0.39 is 0 Å². The number of benzene rings is 2. The Hall–Kier alpha value is -3.35. The molecule has 1 aliphatic heterocycles. The molecule has 7 heteroatoms. The molecule has 0 saturated carbocycles. The Morgan fingerprint density at radius 3 is 2.43 bits per heavy atom. The van der Waals surface area contributed by atoms with Crippen LogP contribution in [0.2, 0.25) is 0 Å². The number of anilines is 1. The molecule has 0 aliphatic carbocycles. The first-order chi connectivity index (χ1) is 13.7. The maximum Gasteiger partial charge on any atom is 0.279 e. The first-order valence-electron chi connectivity index (χ1n) is 8.97. The molecule has 0 bridgehead atoms. The van der Waals surface area contributed by atoms with E-state index in [0.717, 1.165) is 17.7 Å². The molecule has 0 saturated heterocycles. The van der Waals surface area contributed by atoms with Crippen molar-refractivity contribution in [3.8, 4) is 17.2 Å². The van der Waals surface area contributed by atoms with Crippen molar-refractivity contribution in [2.24, 2.45) is 10.2 Å². The van der Waals surface area contributed by atoms with Crippen molar-refractivity contribution in [3.63, 3.8) is 0 Å². The minimum atomic E-state index is -0.139. The maximum absolute atomic E-state index is 12.8. The second kappa shape index (κ2) is 8.56. The van der Waals surface area contributed by atoms with Gasteiger partial charge in [0.25, 0.3) is 5.91 Å². The van der Waals surface area contributed by atoms with Crippen molar-refractivity contribution in [1.82, 2.24) is 0 Å². The monoisotopic (exact) mass is 381 g/mol. The zero-order chi connectivity index (χ0) is 20.1. The molecule has 146 valence electrons. The van der Waals surface area contributed by atoms with Gasteiger partial charge in [0.05, 0.1) is 33.2 Å². The van der Waals surface area contributed by atoms with E-state index in [9.17, 15) is 4.79 Å². The highest BCUT2D eigenvalue weighted by atomic mass is 16.5. The van der Waals surface area contributed by atoms with E-state index in [1.54, 1.807) is 31.3 Å². The van der Waals surface area contributed by atoms with Crippen molar-refractivity contribution >= 4 is 23.5 Å². The number of carbonyl (C=O) groups excluding carboxylic acids is 1. The lowest BCUT2D eigenvalue weighted by Gasteiger charge is -2.14. The van der Waals surface area contributed by atoms with Crippen LogP contribution in [-0.4, -0.2) is 45.7 Å². The summed E-state index contributed by atoms with van der Waals surface area (Å²) in [5.41, 5.74) is 2.65. The lowest BCUT2D eigenvalue weighted by atomic mass is 10.1. The zero-order valence-electron chi connectivity index (χ0n) is 16.4. The molecule has 3 rings (SSSR count). The van der Waals surface area contributed by atoms with Gasteiger partial charge in [0.1, 0.15) is 0 Å². The van der Waals surface area contributed by atoms with Gasteiger partial charge in [-0.15, -0.1) is 5.10 Å². The molecule has 0 aromatic heterocycles. The van der Waals surface area contributed by atoms with Crippen LogP contribution in [0.25, 0.3) is 0 Å². The van der Waals surface area contributed by atoms with Crippen LogP contribution >= 0.6 is 0 Å². The molecule has 0 unspecified atom stereocenters. The van der Waals surface area contributed by atoms with Crippen LogP contribution in [0.3, 0.4) is 0 Å². The number of hydrogen-bond acceptors (Lipinski definition) is 6. The average Bonchev–Trinajstić information content (AvgIpc) is 2.99. The maximum atomic E-state index is 12.8. The van der Waals surface area contributed by atoms with Crippen LogP contribution in [0.4, 0.5) is 5.69 Å². The third-order valence-corrected chi connectivity index (χ3v) is 4.43. The normalized spacial score (nSPS) is 14.6. The Balaban J connectivity index is 1.96. The second-order valence-electron chi connectivity index (χ2n) is 6.09. The number of rotatable bonds is 7. The highest BCUT2D eigenvalue weighted by molar-refractivity contribution is 6.54. The van der Waals surface area contributed by atoms with Crippen molar-refractivity contribution in [2.45, 2.75) is 13.3 Å². The molecule has 28 heavy (non-hydrogen) atoms. The Bertz CT molecular complexity index is 937. The van der Waals surface area contributed by atoms with E-state index in [2.05, 4.69) is 10.2 Å². The first-order valence-corrected chi connectivity index (χ1v) is 8.97. The van der Waals surface area contributed by atoms with Crippen LogP contribution in [0, 0.1) is 0 Å². The summed E-state index contributed by atoms with van der Waals surface area (Å²) in [6.45, 7) is 2.68. The Labute approximate surface area is 164 Å². The summed E-state index contributed by atoms with van der Waals surface area (Å²) in [5, 5.41) is 8.36. The van der Waals surface area contributed by atoms with E-state index in [4.69, 9.17) is 14.2 Å². The molecule has 0 atom stereocenters. The fraction of sp³-hybridized carbons (Fsp3) is 0.286. The highest BCUT2D eigenvalue weighted by Crippen LogP contribution is 2.39. The third-order valence-electron chi connectivity index (χ3n) is 4.43. The van der Waals surface area contributed by atoms with Crippen LogP contribution in [-0.2, 0) is 4.79 Å². The van der Waals surface area contributed by atoms with Crippen LogP contribution in [0.5, 0.6) is 17.2 Å². The molecule has 1 heterocycles. The number of ether oxygens (including phenoxy) is 3. The second-order valence-corrected chi connectivity index (χ2v) is 6.09.